The Kier molecular flexibility index (Phi) is 6.68. The average Bonchev–Trinajstić information content (AvgIpc) is 2.66. The number of aliphatic hydroxyl groups is 1. The second-order valence-electron chi connectivity index (χ2n) is 5.93. The van der Waals surface area contributed by atoms with Crippen molar-refractivity contribution in [1.29, 1.82) is 0 Å². The number of benzene rings is 2. The van der Waals surface area contributed by atoms with Gasteiger partial charge >= 0.3 is 12.2 Å². The zero-order valence-corrected chi connectivity index (χ0v) is 14.7. The SMILES string of the molecule is COc1ccc(CCNC(=O)NC[C@@](O)(c2ccccc2)C(F)(F)F)cc1. The number of hydrogen-bond donors (Lipinski definition) is 3. The lowest BCUT2D eigenvalue weighted by molar-refractivity contribution is -0.263. The molecule has 1 atom stereocenters. The monoisotopic (exact) mass is 382 g/mol. The summed E-state index contributed by atoms with van der Waals surface area (Å²) in [6.07, 6.45) is -4.44. The van der Waals surface area contributed by atoms with E-state index in [1.807, 2.05) is 12.1 Å². The summed E-state index contributed by atoms with van der Waals surface area (Å²) in [5.74, 6) is 0.705. The molecule has 0 aliphatic carbocycles. The summed E-state index contributed by atoms with van der Waals surface area (Å²) in [5, 5.41) is 14.7. The van der Waals surface area contributed by atoms with Crippen LogP contribution in [-0.4, -0.2) is 37.5 Å². The summed E-state index contributed by atoms with van der Waals surface area (Å²) < 4.78 is 45.1. The number of ether oxygens (including phenoxy) is 1. The number of carbonyl (C=O) groups is 1. The van der Waals surface area contributed by atoms with Crippen LogP contribution in [0.5, 0.6) is 5.75 Å². The molecule has 0 spiro atoms. The molecular formula is C19H21F3N2O3. The number of amides is 2. The second-order valence-corrected chi connectivity index (χ2v) is 5.93. The van der Waals surface area contributed by atoms with Crippen molar-refractivity contribution in [2.75, 3.05) is 20.2 Å². The fraction of sp³-hybridized carbons (Fsp3) is 0.316. The zero-order chi connectivity index (χ0) is 19.9. The van der Waals surface area contributed by atoms with Gasteiger partial charge in [-0.3, -0.25) is 0 Å². The number of methoxy groups -OCH3 is 1. The van der Waals surface area contributed by atoms with Crippen LogP contribution in [0, 0.1) is 0 Å². The van der Waals surface area contributed by atoms with Crippen molar-refractivity contribution >= 4 is 6.03 Å². The molecule has 0 radical (unpaired) electrons. The lowest BCUT2D eigenvalue weighted by Gasteiger charge is -2.31. The number of nitrogens with one attached hydrogen (secondary N) is 2. The van der Waals surface area contributed by atoms with Gasteiger partial charge in [-0.15, -0.1) is 0 Å². The molecule has 0 aliphatic heterocycles. The molecule has 8 heteroatoms. The molecule has 0 aromatic heterocycles. The van der Waals surface area contributed by atoms with E-state index in [4.69, 9.17) is 4.74 Å². The Balaban J connectivity index is 1.88. The summed E-state index contributed by atoms with van der Waals surface area (Å²) in [4.78, 5) is 11.8. The molecule has 2 aromatic carbocycles. The molecule has 0 unspecified atom stereocenters. The summed E-state index contributed by atoms with van der Waals surface area (Å²) in [5.41, 5.74) is -2.56. The van der Waals surface area contributed by atoms with E-state index in [0.717, 1.165) is 17.7 Å². The minimum Gasteiger partial charge on any atom is -0.497 e. The van der Waals surface area contributed by atoms with E-state index < -0.39 is 24.4 Å². The Morgan fingerprint density at radius 2 is 1.67 bits per heavy atom. The van der Waals surface area contributed by atoms with E-state index in [2.05, 4.69) is 10.6 Å². The highest BCUT2D eigenvalue weighted by Gasteiger charge is 2.55. The first-order valence-corrected chi connectivity index (χ1v) is 8.25. The third-order valence-electron chi connectivity index (χ3n) is 4.08. The van der Waals surface area contributed by atoms with Gasteiger partial charge in [0.05, 0.1) is 13.7 Å². The van der Waals surface area contributed by atoms with E-state index in [1.54, 1.807) is 25.3 Å². The molecule has 0 saturated carbocycles. The first-order valence-electron chi connectivity index (χ1n) is 8.25. The number of hydrogen-bond acceptors (Lipinski definition) is 3. The fourth-order valence-electron chi connectivity index (χ4n) is 2.46. The van der Waals surface area contributed by atoms with Gasteiger partial charge in [0.15, 0.2) is 0 Å². The predicted molar refractivity (Wildman–Crippen MR) is 94.5 cm³/mol. The van der Waals surface area contributed by atoms with E-state index in [9.17, 15) is 23.1 Å². The highest BCUT2D eigenvalue weighted by atomic mass is 19.4. The van der Waals surface area contributed by atoms with Gasteiger partial charge in [-0.05, 0) is 29.7 Å². The predicted octanol–water partition coefficient (Wildman–Crippen LogP) is 2.99. The van der Waals surface area contributed by atoms with Crippen LogP contribution in [0.4, 0.5) is 18.0 Å². The van der Waals surface area contributed by atoms with Crippen LogP contribution in [0.15, 0.2) is 54.6 Å². The maximum Gasteiger partial charge on any atom is 0.423 e. The smallest absolute Gasteiger partial charge is 0.423 e. The minimum absolute atomic E-state index is 0.230. The van der Waals surface area contributed by atoms with Gasteiger partial charge in [-0.1, -0.05) is 42.5 Å². The van der Waals surface area contributed by atoms with Crippen LogP contribution in [0.25, 0.3) is 0 Å². The molecule has 0 fully saturated rings. The molecule has 5 nitrogen and oxygen atoms in total. The Bertz CT molecular complexity index is 736. The lowest BCUT2D eigenvalue weighted by Crippen LogP contribution is -2.52. The normalized spacial score (nSPS) is 13.5. The third kappa shape index (κ3) is 5.37. The Labute approximate surface area is 155 Å². The van der Waals surface area contributed by atoms with Crippen molar-refractivity contribution < 1.29 is 27.8 Å². The molecule has 0 bridgehead atoms. The number of halogens is 3. The maximum atomic E-state index is 13.3. The van der Waals surface area contributed by atoms with E-state index >= 15 is 0 Å². The molecule has 3 N–H and O–H groups in total. The van der Waals surface area contributed by atoms with Crippen LogP contribution in [0.3, 0.4) is 0 Å². The number of urea groups is 1. The Hall–Kier alpha value is -2.74. The van der Waals surface area contributed by atoms with Crippen molar-refractivity contribution in [2.45, 2.75) is 18.2 Å². The topological polar surface area (TPSA) is 70.6 Å². The van der Waals surface area contributed by atoms with Crippen LogP contribution < -0.4 is 15.4 Å². The maximum absolute atomic E-state index is 13.3. The van der Waals surface area contributed by atoms with Crippen LogP contribution >= 0.6 is 0 Å². The summed E-state index contributed by atoms with van der Waals surface area (Å²) in [6.45, 7) is -0.761. The summed E-state index contributed by atoms with van der Waals surface area (Å²) >= 11 is 0. The van der Waals surface area contributed by atoms with Gasteiger partial charge in [0.25, 0.3) is 0 Å². The van der Waals surface area contributed by atoms with Crippen LogP contribution in [0.1, 0.15) is 11.1 Å². The molecular weight excluding hydrogens is 361 g/mol. The van der Waals surface area contributed by atoms with Gasteiger partial charge in [-0.2, -0.15) is 13.2 Å². The highest BCUT2D eigenvalue weighted by molar-refractivity contribution is 5.74. The van der Waals surface area contributed by atoms with Crippen molar-refractivity contribution in [1.82, 2.24) is 10.6 Å². The molecule has 146 valence electrons. The quantitative estimate of drug-likeness (QED) is 0.690. The highest BCUT2D eigenvalue weighted by Crippen LogP contribution is 2.38. The molecule has 27 heavy (non-hydrogen) atoms. The molecule has 2 amide bonds. The summed E-state index contributed by atoms with van der Waals surface area (Å²) in [7, 11) is 1.55. The van der Waals surface area contributed by atoms with Crippen molar-refractivity contribution in [3.63, 3.8) is 0 Å². The summed E-state index contributed by atoms with van der Waals surface area (Å²) in [6, 6.07) is 13.1. The second kappa shape index (κ2) is 8.77. The van der Waals surface area contributed by atoms with Gasteiger partial charge in [-0.25, -0.2) is 4.79 Å². The van der Waals surface area contributed by atoms with Gasteiger partial charge in [0.2, 0.25) is 5.60 Å². The molecule has 0 saturated heterocycles. The van der Waals surface area contributed by atoms with E-state index in [1.165, 1.54) is 12.1 Å². The van der Waals surface area contributed by atoms with Crippen LogP contribution in [0.2, 0.25) is 0 Å². The number of carbonyl (C=O) groups excluding carboxylic acids is 1. The average molecular weight is 382 g/mol. The van der Waals surface area contributed by atoms with Gasteiger partial charge < -0.3 is 20.5 Å². The van der Waals surface area contributed by atoms with Crippen LogP contribution in [-0.2, 0) is 12.0 Å². The molecule has 0 heterocycles. The molecule has 2 rings (SSSR count). The van der Waals surface area contributed by atoms with Gasteiger partial charge in [0.1, 0.15) is 5.75 Å². The molecule has 0 aliphatic rings. The van der Waals surface area contributed by atoms with Crippen molar-refractivity contribution in [3.8, 4) is 5.75 Å². The lowest BCUT2D eigenvalue weighted by atomic mass is 9.93. The molecule has 2 aromatic rings. The van der Waals surface area contributed by atoms with Crippen molar-refractivity contribution in [2.24, 2.45) is 0 Å². The van der Waals surface area contributed by atoms with E-state index in [-0.39, 0.29) is 12.1 Å². The first kappa shape index (κ1) is 20.6. The standard InChI is InChI=1S/C19H21F3N2O3/c1-27-16-9-7-14(8-10-16)11-12-23-17(25)24-13-18(26,19(20,21)22)15-5-3-2-4-6-15/h2-10,26H,11-13H2,1H3,(H2,23,24,25)/t18-/m1/s1. The minimum atomic E-state index is -4.94. The fourth-order valence-corrected chi connectivity index (χ4v) is 2.46. The van der Waals surface area contributed by atoms with E-state index in [0.29, 0.717) is 12.2 Å². The third-order valence-corrected chi connectivity index (χ3v) is 4.08. The number of rotatable bonds is 7. The van der Waals surface area contributed by atoms with Gasteiger partial charge in [0, 0.05) is 6.54 Å². The number of alkyl halides is 3. The van der Waals surface area contributed by atoms with Crippen molar-refractivity contribution in [3.05, 3.63) is 65.7 Å². The Morgan fingerprint density at radius 3 is 2.22 bits per heavy atom. The first-order chi connectivity index (χ1) is 12.8. The zero-order valence-electron chi connectivity index (χ0n) is 14.7. The Morgan fingerprint density at radius 1 is 1.04 bits per heavy atom. The largest absolute Gasteiger partial charge is 0.497 e.